The van der Waals surface area contributed by atoms with Gasteiger partial charge in [-0.3, -0.25) is 4.79 Å². The predicted molar refractivity (Wildman–Crippen MR) is 114 cm³/mol. The highest BCUT2D eigenvalue weighted by Crippen LogP contribution is 2.23. The average Bonchev–Trinajstić information content (AvgIpc) is 3.36. The summed E-state index contributed by atoms with van der Waals surface area (Å²) in [5.41, 5.74) is 1.90. The summed E-state index contributed by atoms with van der Waals surface area (Å²) in [4.78, 5) is 12.8. The second-order valence-electron chi connectivity index (χ2n) is 6.22. The number of aryl methyl sites for hydroxylation is 1. The lowest BCUT2D eigenvalue weighted by molar-refractivity contribution is -0.115. The Morgan fingerprint density at radius 2 is 1.97 bits per heavy atom. The molecule has 0 aliphatic rings. The van der Waals surface area contributed by atoms with Gasteiger partial charge in [-0.2, -0.15) is 0 Å². The van der Waals surface area contributed by atoms with Crippen molar-refractivity contribution in [1.29, 1.82) is 0 Å². The van der Waals surface area contributed by atoms with Crippen molar-refractivity contribution in [2.45, 2.75) is 31.7 Å². The van der Waals surface area contributed by atoms with Gasteiger partial charge >= 0.3 is 0 Å². The van der Waals surface area contributed by atoms with E-state index in [1.807, 2.05) is 17.5 Å². The zero-order valence-corrected chi connectivity index (χ0v) is 17.6. The summed E-state index contributed by atoms with van der Waals surface area (Å²) >= 11 is 1.50. The number of amides is 1. The Morgan fingerprint density at radius 3 is 2.62 bits per heavy atom. The summed E-state index contributed by atoms with van der Waals surface area (Å²) in [7, 11) is -3.58. The molecule has 0 unspecified atom stereocenters. The van der Waals surface area contributed by atoms with E-state index in [2.05, 4.69) is 15.2 Å². The molecule has 29 heavy (non-hydrogen) atoms. The molecule has 2 aromatic heterocycles. The molecule has 0 saturated carbocycles. The summed E-state index contributed by atoms with van der Waals surface area (Å²) in [5, 5.41) is 8.55. The van der Waals surface area contributed by atoms with Crippen LogP contribution in [0.15, 0.2) is 51.2 Å². The summed E-state index contributed by atoms with van der Waals surface area (Å²) in [5.74, 6) is 0.300. The third kappa shape index (κ3) is 5.41. The Labute approximate surface area is 173 Å². The van der Waals surface area contributed by atoms with E-state index in [-0.39, 0.29) is 17.3 Å². The van der Waals surface area contributed by atoms with Crippen LogP contribution in [0.25, 0.3) is 12.2 Å². The summed E-state index contributed by atoms with van der Waals surface area (Å²) in [6.45, 7) is 3.77. The number of carbonyl (C=O) groups is 1. The van der Waals surface area contributed by atoms with E-state index < -0.39 is 10.0 Å². The number of rotatable bonds is 8. The van der Waals surface area contributed by atoms with E-state index in [9.17, 15) is 13.2 Å². The minimum Gasteiger partial charge on any atom is -0.354 e. The van der Waals surface area contributed by atoms with Gasteiger partial charge in [0.05, 0.1) is 4.90 Å². The van der Waals surface area contributed by atoms with Crippen molar-refractivity contribution in [3.63, 3.8) is 0 Å². The molecule has 1 aromatic carbocycles. The molecule has 152 valence electrons. The fourth-order valence-corrected chi connectivity index (χ4v) is 4.22. The molecule has 9 heteroatoms. The number of sulfonamides is 1. The van der Waals surface area contributed by atoms with Crippen molar-refractivity contribution in [3.8, 4) is 0 Å². The van der Waals surface area contributed by atoms with Crippen molar-refractivity contribution in [3.05, 3.63) is 63.7 Å². The zero-order chi connectivity index (χ0) is 20.9. The largest absolute Gasteiger partial charge is 0.354 e. The molecule has 7 nitrogen and oxygen atoms in total. The molecule has 0 radical (unpaired) electrons. The van der Waals surface area contributed by atoms with E-state index in [4.69, 9.17) is 4.52 Å². The second kappa shape index (κ2) is 9.17. The van der Waals surface area contributed by atoms with Gasteiger partial charge in [0.15, 0.2) is 5.76 Å². The predicted octanol–water partition coefficient (Wildman–Crippen LogP) is 4.04. The van der Waals surface area contributed by atoms with Gasteiger partial charge in [-0.25, -0.2) is 13.1 Å². The van der Waals surface area contributed by atoms with Gasteiger partial charge in [0, 0.05) is 17.8 Å². The number of aromatic nitrogens is 1. The molecule has 2 heterocycles. The van der Waals surface area contributed by atoms with E-state index in [1.165, 1.54) is 11.3 Å². The lowest BCUT2D eigenvalue weighted by atomic mass is 10.2. The molecule has 0 fully saturated rings. The van der Waals surface area contributed by atoms with Crippen LogP contribution in [-0.2, 0) is 21.4 Å². The van der Waals surface area contributed by atoms with Gasteiger partial charge in [-0.1, -0.05) is 36.4 Å². The summed E-state index contributed by atoms with van der Waals surface area (Å²) in [6, 6.07) is 10.2. The minimum absolute atomic E-state index is 0.129. The maximum absolute atomic E-state index is 12.4. The molecule has 0 aliphatic carbocycles. The molecule has 3 rings (SSSR count). The normalized spacial score (nSPS) is 11.8. The van der Waals surface area contributed by atoms with E-state index in [0.717, 1.165) is 10.4 Å². The fraction of sp³-hybridized carbons (Fsp3) is 0.200. The van der Waals surface area contributed by atoms with Crippen molar-refractivity contribution in [2.75, 3.05) is 5.32 Å². The molecule has 1 amide bonds. The molecule has 0 aliphatic heterocycles. The maximum Gasteiger partial charge on any atom is 0.240 e. The first-order chi connectivity index (χ1) is 13.9. The SMILES string of the molecule is CCC(=O)Nc1c(C)noc1/C=C\c1ccc(S(=O)(=O)NCc2cccs2)cc1. The van der Waals surface area contributed by atoms with Crippen molar-refractivity contribution in [2.24, 2.45) is 0 Å². The van der Waals surface area contributed by atoms with E-state index >= 15 is 0 Å². The number of hydrogen-bond acceptors (Lipinski definition) is 6. The van der Waals surface area contributed by atoms with Crippen LogP contribution in [0, 0.1) is 6.92 Å². The van der Waals surface area contributed by atoms with Crippen LogP contribution >= 0.6 is 11.3 Å². The van der Waals surface area contributed by atoms with Gasteiger partial charge in [0.1, 0.15) is 11.4 Å². The Morgan fingerprint density at radius 1 is 1.21 bits per heavy atom. The Balaban J connectivity index is 1.70. The number of thiophene rings is 1. The molecule has 2 N–H and O–H groups in total. The minimum atomic E-state index is -3.58. The van der Waals surface area contributed by atoms with Gasteiger partial charge in [-0.05, 0) is 42.1 Å². The third-order valence-electron chi connectivity index (χ3n) is 4.11. The van der Waals surface area contributed by atoms with Crippen LogP contribution in [0.4, 0.5) is 5.69 Å². The van der Waals surface area contributed by atoms with Crippen LogP contribution in [0.1, 0.15) is 35.2 Å². The monoisotopic (exact) mass is 431 g/mol. The van der Waals surface area contributed by atoms with Gasteiger partial charge < -0.3 is 9.84 Å². The zero-order valence-electron chi connectivity index (χ0n) is 16.0. The Bertz CT molecular complexity index is 1100. The van der Waals surface area contributed by atoms with Crippen LogP contribution < -0.4 is 10.0 Å². The second-order valence-corrected chi connectivity index (χ2v) is 9.01. The lowest BCUT2D eigenvalue weighted by Crippen LogP contribution is -2.22. The van der Waals surface area contributed by atoms with Crippen molar-refractivity contribution < 1.29 is 17.7 Å². The molecular formula is C20H21N3O4S2. The first kappa shape index (κ1) is 21.0. The molecule has 0 bridgehead atoms. The lowest BCUT2D eigenvalue weighted by Gasteiger charge is -2.06. The maximum atomic E-state index is 12.4. The number of hydrogen-bond donors (Lipinski definition) is 2. The molecule has 0 spiro atoms. The topological polar surface area (TPSA) is 101 Å². The first-order valence-corrected chi connectivity index (χ1v) is 11.3. The smallest absolute Gasteiger partial charge is 0.240 e. The number of benzene rings is 1. The summed E-state index contributed by atoms with van der Waals surface area (Å²) in [6.07, 6.45) is 3.80. The number of nitrogens with one attached hydrogen (secondary N) is 2. The van der Waals surface area contributed by atoms with Crippen molar-refractivity contribution >= 4 is 45.1 Å². The van der Waals surface area contributed by atoms with Crippen molar-refractivity contribution in [1.82, 2.24) is 9.88 Å². The highest BCUT2D eigenvalue weighted by Gasteiger charge is 2.14. The highest BCUT2D eigenvalue weighted by molar-refractivity contribution is 7.89. The fourth-order valence-electron chi connectivity index (χ4n) is 2.47. The van der Waals surface area contributed by atoms with Gasteiger partial charge in [-0.15, -0.1) is 11.3 Å². The van der Waals surface area contributed by atoms with Gasteiger partial charge in [0.2, 0.25) is 15.9 Å². The highest BCUT2D eigenvalue weighted by atomic mass is 32.2. The quantitative estimate of drug-likeness (QED) is 0.560. The van der Waals surface area contributed by atoms with Crippen LogP contribution in [0.3, 0.4) is 0 Å². The summed E-state index contributed by atoms with van der Waals surface area (Å²) < 4.78 is 32.7. The van der Waals surface area contributed by atoms with Crippen LogP contribution in [0.2, 0.25) is 0 Å². The Kier molecular flexibility index (Phi) is 6.63. The number of nitrogens with zero attached hydrogens (tertiary/aromatic N) is 1. The van der Waals surface area contributed by atoms with Crippen LogP contribution in [0.5, 0.6) is 0 Å². The van der Waals surface area contributed by atoms with Crippen LogP contribution in [-0.4, -0.2) is 19.5 Å². The molecule has 0 saturated heterocycles. The molecule has 3 aromatic rings. The first-order valence-electron chi connectivity index (χ1n) is 8.95. The van der Waals surface area contributed by atoms with Gasteiger partial charge in [0.25, 0.3) is 0 Å². The third-order valence-corrected chi connectivity index (χ3v) is 6.40. The standard InChI is InChI=1S/C20H21N3O4S2/c1-3-19(24)22-20-14(2)23-27-18(20)11-8-15-6-9-17(10-7-15)29(25,26)21-13-16-5-4-12-28-16/h4-12,21H,3,13H2,1-2H3,(H,22,24)/b11-8-. The van der Waals surface area contributed by atoms with E-state index in [1.54, 1.807) is 50.3 Å². The van der Waals surface area contributed by atoms with E-state index in [0.29, 0.717) is 23.6 Å². The Hall–Kier alpha value is -2.75. The average molecular weight is 432 g/mol. The molecular weight excluding hydrogens is 410 g/mol. The number of carbonyl (C=O) groups excluding carboxylic acids is 1. The number of anilines is 1. The molecule has 0 atom stereocenters.